The van der Waals surface area contributed by atoms with Gasteiger partial charge in [0, 0.05) is 0 Å². The molecule has 0 aliphatic carbocycles. The number of unbranched alkanes of at least 4 members (excludes halogenated alkanes) is 1. The summed E-state index contributed by atoms with van der Waals surface area (Å²) in [6, 6.07) is 0. The molecule has 0 N–H and O–H groups in total. The van der Waals surface area contributed by atoms with Crippen LogP contribution in [0.25, 0.3) is 0 Å². The molecule has 0 saturated carbocycles. The van der Waals surface area contributed by atoms with Gasteiger partial charge in [-0.1, -0.05) is 52.7 Å². The molecule has 0 spiro atoms. The average molecular weight is 168 g/mol. The van der Waals surface area contributed by atoms with Gasteiger partial charge in [0.05, 0.1) is 0 Å². The van der Waals surface area contributed by atoms with Crippen molar-refractivity contribution < 1.29 is 0 Å². The molecule has 0 bridgehead atoms. The molecule has 0 amide bonds. The third kappa shape index (κ3) is 6.45. The Morgan fingerprint density at radius 2 is 1.58 bits per heavy atom. The maximum absolute atomic E-state index is 2.35. The molecule has 0 aliphatic heterocycles. The van der Waals surface area contributed by atoms with Crippen molar-refractivity contribution in [2.45, 2.75) is 59.8 Å². The van der Waals surface area contributed by atoms with Crippen LogP contribution < -0.4 is 0 Å². The van der Waals surface area contributed by atoms with Gasteiger partial charge in [0.15, 0.2) is 0 Å². The van der Waals surface area contributed by atoms with E-state index in [1.165, 1.54) is 32.1 Å². The summed E-state index contributed by atoms with van der Waals surface area (Å²) in [5.41, 5.74) is 0.538. The predicted molar refractivity (Wildman–Crippen MR) is 57.4 cm³/mol. The molecule has 0 nitrogen and oxygen atoms in total. The molecule has 0 heteroatoms. The zero-order chi connectivity index (χ0) is 9.45. The van der Waals surface area contributed by atoms with Crippen LogP contribution in [0.5, 0.6) is 0 Å². The Bertz CT molecular complexity index is 120. The summed E-state index contributed by atoms with van der Waals surface area (Å²) in [6.45, 7) is 9.19. The van der Waals surface area contributed by atoms with Crippen molar-refractivity contribution in [2.24, 2.45) is 5.41 Å². The SMILES string of the molecule is CCC/C=C\CCC(C)(C)CC. The average Bonchev–Trinajstić information content (AvgIpc) is 2.04. The van der Waals surface area contributed by atoms with Crippen molar-refractivity contribution in [1.29, 1.82) is 0 Å². The largest absolute Gasteiger partial charge is 0.0885 e. The smallest absolute Gasteiger partial charge is 0.0346 e. The minimum atomic E-state index is 0.538. The molecule has 0 aromatic rings. The van der Waals surface area contributed by atoms with Crippen LogP contribution in [0.15, 0.2) is 12.2 Å². The molecule has 72 valence electrons. The van der Waals surface area contributed by atoms with Crippen LogP contribution >= 0.6 is 0 Å². The fourth-order valence-electron chi connectivity index (χ4n) is 1.05. The Morgan fingerprint density at radius 1 is 1.00 bits per heavy atom. The maximum Gasteiger partial charge on any atom is -0.0346 e. The van der Waals surface area contributed by atoms with Crippen molar-refractivity contribution >= 4 is 0 Å². The third-order valence-corrected chi connectivity index (χ3v) is 2.57. The van der Waals surface area contributed by atoms with E-state index in [2.05, 4.69) is 39.8 Å². The summed E-state index contributed by atoms with van der Waals surface area (Å²) in [7, 11) is 0. The highest BCUT2D eigenvalue weighted by Gasteiger charge is 2.12. The van der Waals surface area contributed by atoms with Gasteiger partial charge in [0.1, 0.15) is 0 Å². The summed E-state index contributed by atoms with van der Waals surface area (Å²) in [4.78, 5) is 0. The molecular weight excluding hydrogens is 144 g/mol. The van der Waals surface area contributed by atoms with Crippen LogP contribution in [0, 0.1) is 5.41 Å². The molecule has 0 unspecified atom stereocenters. The van der Waals surface area contributed by atoms with Crippen LogP contribution in [0.3, 0.4) is 0 Å². The second-order valence-electron chi connectivity index (χ2n) is 4.32. The van der Waals surface area contributed by atoms with Gasteiger partial charge < -0.3 is 0 Å². The lowest BCUT2D eigenvalue weighted by Crippen LogP contribution is -2.08. The van der Waals surface area contributed by atoms with Crippen LogP contribution in [0.2, 0.25) is 0 Å². The molecule has 0 rings (SSSR count). The Balaban J connectivity index is 3.42. The van der Waals surface area contributed by atoms with Crippen LogP contribution in [-0.4, -0.2) is 0 Å². The number of hydrogen-bond donors (Lipinski definition) is 0. The summed E-state index contributed by atoms with van der Waals surface area (Å²) in [6.07, 6.45) is 11.0. The van der Waals surface area contributed by atoms with Crippen LogP contribution in [-0.2, 0) is 0 Å². The van der Waals surface area contributed by atoms with Crippen molar-refractivity contribution in [2.75, 3.05) is 0 Å². The first kappa shape index (κ1) is 11.7. The van der Waals surface area contributed by atoms with Crippen molar-refractivity contribution in [3.05, 3.63) is 12.2 Å². The second-order valence-corrected chi connectivity index (χ2v) is 4.32. The molecule has 0 heterocycles. The van der Waals surface area contributed by atoms with E-state index >= 15 is 0 Å². The van der Waals surface area contributed by atoms with E-state index in [-0.39, 0.29) is 0 Å². The molecule has 0 saturated heterocycles. The molecule has 0 aliphatic rings. The summed E-state index contributed by atoms with van der Waals surface area (Å²) in [5.74, 6) is 0. The second kappa shape index (κ2) is 6.28. The highest BCUT2D eigenvalue weighted by molar-refractivity contribution is 4.83. The predicted octanol–water partition coefficient (Wildman–Crippen LogP) is 4.56. The quantitative estimate of drug-likeness (QED) is 0.510. The van der Waals surface area contributed by atoms with E-state index in [1.54, 1.807) is 0 Å². The van der Waals surface area contributed by atoms with E-state index in [9.17, 15) is 0 Å². The van der Waals surface area contributed by atoms with Crippen molar-refractivity contribution in [1.82, 2.24) is 0 Å². The topological polar surface area (TPSA) is 0 Å². The molecule has 0 atom stereocenters. The van der Waals surface area contributed by atoms with Gasteiger partial charge in [-0.15, -0.1) is 0 Å². The standard InChI is InChI=1S/C12H24/c1-5-7-8-9-10-11-12(3,4)6-2/h8-9H,5-7,10-11H2,1-4H3/b9-8-. The van der Waals surface area contributed by atoms with Crippen LogP contribution in [0.4, 0.5) is 0 Å². The Hall–Kier alpha value is -0.260. The molecular formula is C12H24. The Labute approximate surface area is 78.1 Å². The van der Waals surface area contributed by atoms with E-state index in [0.717, 1.165) is 0 Å². The molecule has 0 fully saturated rings. The summed E-state index contributed by atoms with van der Waals surface area (Å²) in [5, 5.41) is 0. The minimum absolute atomic E-state index is 0.538. The number of hydrogen-bond acceptors (Lipinski definition) is 0. The number of rotatable bonds is 6. The zero-order valence-electron chi connectivity index (χ0n) is 9.19. The van der Waals surface area contributed by atoms with E-state index in [4.69, 9.17) is 0 Å². The lowest BCUT2D eigenvalue weighted by atomic mass is 9.85. The van der Waals surface area contributed by atoms with E-state index in [0.29, 0.717) is 5.41 Å². The highest BCUT2D eigenvalue weighted by atomic mass is 14.2. The van der Waals surface area contributed by atoms with Gasteiger partial charge in [-0.05, 0) is 24.7 Å². The summed E-state index contributed by atoms with van der Waals surface area (Å²) >= 11 is 0. The maximum atomic E-state index is 2.35. The summed E-state index contributed by atoms with van der Waals surface area (Å²) < 4.78 is 0. The molecule has 0 aromatic carbocycles. The van der Waals surface area contributed by atoms with Gasteiger partial charge in [-0.3, -0.25) is 0 Å². The molecule has 12 heavy (non-hydrogen) atoms. The van der Waals surface area contributed by atoms with Crippen molar-refractivity contribution in [3.8, 4) is 0 Å². The monoisotopic (exact) mass is 168 g/mol. The minimum Gasteiger partial charge on any atom is -0.0885 e. The highest BCUT2D eigenvalue weighted by Crippen LogP contribution is 2.25. The Kier molecular flexibility index (Phi) is 6.14. The normalized spacial score (nSPS) is 12.7. The first-order chi connectivity index (χ1) is 5.62. The third-order valence-electron chi connectivity index (χ3n) is 2.57. The lowest BCUT2D eigenvalue weighted by molar-refractivity contribution is 0.325. The fourth-order valence-corrected chi connectivity index (χ4v) is 1.05. The first-order valence-corrected chi connectivity index (χ1v) is 5.27. The fraction of sp³-hybridized carbons (Fsp3) is 0.833. The van der Waals surface area contributed by atoms with Gasteiger partial charge in [-0.2, -0.15) is 0 Å². The van der Waals surface area contributed by atoms with E-state index < -0.39 is 0 Å². The molecule has 0 radical (unpaired) electrons. The van der Waals surface area contributed by atoms with Gasteiger partial charge in [0.2, 0.25) is 0 Å². The first-order valence-electron chi connectivity index (χ1n) is 5.27. The van der Waals surface area contributed by atoms with E-state index in [1.807, 2.05) is 0 Å². The van der Waals surface area contributed by atoms with Gasteiger partial charge >= 0.3 is 0 Å². The van der Waals surface area contributed by atoms with Gasteiger partial charge in [0.25, 0.3) is 0 Å². The lowest BCUT2D eigenvalue weighted by Gasteiger charge is -2.21. The van der Waals surface area contributed by atoms with Gasteiger partial charge in [-0.25, -0.2) is 0 Å². The zero-order valence-corrected chi connectivity index (χ0v) is 9.19. The Morgan fingerprint density at radius 3 is 2.08 bits per heavy atom. The number of allylic oxidation sites excluding steroid dienone is 2. The van der Waals surface area contributed by atoms with Crippen molar-refractivity contribution in [3.63, 3.8) is 0 Å². The molecule has 0 aromatic heterocycles. The van der Waals surface area contributed by atoms with Crippen LogP contribution in [0.1, 0.15) is 59.8 Å².